The molecule has 0 atom stereocenters. The van der Waals surface area contributed by atoms with Crippen molar-refractivity contribution in [2.75, 3.05) is 13.1 Å². The molecule has 1 heterocycles. The molecule has 16 heavy (non-hydrogen) atoms. The summed E-state index contributed by atoms with van der Waals surface area (Å²) < 4.78 is 26.7. The predicted molar refractivity (Wildman–Crippen MR) is 57.9 cm³/mol. The number of aryl methyl sites for hydroxylation is 1. The molecule has 0 unspecified atom stereocenters. The lowest BCUT2D eigenvalue weighted by molar-refractivity contribution is 0.460. The topological polar surface area (TPSA) is 79.0 Å². The van der Waals surface area contributed by atoms with E-state index in [1.165, 1.54) is 12.5 Å². The van der Waals surface area contributed by atoms with E-state index in [0.717, 1.165) is 4.31 Å². The minimum Gasteiger partial charge on any atom is -0.336 e. The summed E-state index contributed by atoms with van der Waals surface area (Å²) >= 11 is 0. The van der Waals surface area contributed by atoms with Gasteiger partial charge in [-0.3, -0.25) is 0 Å². The van der Waals surface area contributed by atoms with Gasteiger partial charge in [-0.2, -0.15) is 9.57 Å². The number of nitrogens with zero attached hydrogens (tertiary/aromatic N) is 4. The van der Waals surface area contributed by atoms with E-state index in [2.05, 4.69) is 4.98 Å². The minimum atomic E-state index is -3.62. The van der Waals surface area contributed by atoms with E-state index in [0.29, 0.717) is 6.54 Å². The molecule has 1 aromatic rings. The summed E-state index contributed by atoms with van der Waals surface area (Å²) in [7, 11) is -3.62. The van der Waals surface area contributed by atoms with Crippen LogP contribution in [0.1, 0.15) is 13.8 Å². The van der Waals surface area contributed by atoms with E-state index >= 15 is 0 Å². The first kappa shape index (κ1) is 12.7. The maximum absolute atomic E-state index is 12.0. The Hall–Kier alpha value is -1.39. The normalized spacial score (nSPS) is 11.6. The van der Waals surface area contributed by atoms with Crippen LogP contribution in [-0.2, 0) is 16.6 Å². The van der Waals surface area contributed by atoms with Crippen LogP contribution in [0.2, 0.25) is 0 Å². The van der Waals surface area contributed by atoms with Gasteiger partial charge in [0, 0.05) is 19.3 Å². The van der Waals surface area contributed by atoms with Crippen molar-refractivity contribution in [3.63, 3.8) is 0 Å². The number of nitriles is 1. The fourth-order valence-corrected chi connectivity index (χ4v) is 2.50. The highest BCUT2D eigenvalue weighted by molar-refractivity contribution is 7.89. The molecular weight excluding hydrogens is 228 g/mol. The smallest absolute Gasteiger partial charge is 0.263 e. The molecule has 6 nitrogen and oxygen atoms in total. The number of sulfonamides is 1. The Balaban J connectivity index is 3.05. The highest BCUT2D eigenvalue weighted by Gasteiger charge is 2.24. The Labute approximate surface area is 95.2 Å². The lowest BCUT2D eigenvalue weighted by Gasteiger charge is -2.14. The fourth-order valence-electron chi connectivity index (χ4n) is 1.22. The van der Waals surface area contributed by atoms with Gasteiger partial charge in [0.25, 0.3) is 10.0 Å². The molecule has 1 rings (SSSR count). The monoisotopic (exact) mass is 242 g/mol. The third-order valence-electron chi connectivity index (χ3n) is 2.18. The lowest BCUT2D eigenvalue weighted by Crippen LogP contribution is -2.31. The number of aromatic nitrogens is 2. The molecule has 7 heteroatoms. The van der Waals surface area contributed by atoms with Gasteiger partial charge < -0.3 is 4.57 Å². The second kappa shape index (κ2) is 5.09. The zero-order valence-corrected chi connectivity index (χ0v) is 10.1. The van der Waals surface area contributed by atoms with Crippen molar-refractivity contribution in [1.82, 2.24) is 13.9 Å². The van der Waals surface area contributed by atoms with Crippen LogP contribution in [0, 0.1) is 11.3 Å². The Morgan fingerprint density at radius 2 is 2.25 bits per heavy atom. The highest BCUT2D eigenvalue weighted by Crippen LogP contribution is 2.12. The number of imidazole rings is 1. The zero-order chi connectivity index (χ0) is 12.2. The van der Waals surface area contributed by atoms with Crippen molar-refractivity contribution in [3.8, 4) is 6.07 Å². The third-order valence-corrected chi connectivity index (χ3v) is 3.99. The van der Waals surface area contributed by atoms with E-state index in [1.54, 1.807) is 11.5 Å². The van der Waals surface area contributed by atoms with Gasteiger partial charge in [-0.1, -0.05) is 6.92 Å². The fraction of sp³-hybridized carbons (Fsp3) is 0.556. The van der Waals surface area contributed by atoms with Crippen LogP contribution in [0.5, 0.6) is 0 Å². The van der Waals surface area contributed by atoms with Gasteiger partial charge in [0.1, 0.15) is 6.54 Å². The van der Waals surface area contributed by atoms with E-state index in [9.17, 15) is 8.42 Å². The van der Waals surface area contributed by atoms with Gasteiger partial charge in [-0.15, -0.1) is 0 Å². The summed E-state index contributed by atoms with van der Waals surface area (Å²) in [5.74, 6) is 0. The first-order valence-electron chi connectivity index (χ1n) is 4.95. The molecular formula is C9H14N4O2S. The maximum Gasteiger partial charge on any atom is 0.263 e. The van der Waals surface area contributed by atoms with Gasteiger partial charge >= 0.3 is 0 Å². The Bertz CT molecular complexity index is 486. The average molecular weight is 242 g/mol. The second-order valence-corrected chi connectivity index (χ2v) is 5.02. The van der Waals surface area contributed by atoms with E-state index in [4.69, 9.17) is 5.26 Å². The number of hydrogen-bond acceptors (Lipinski definition) is 4. The van der Waals surface area contributed by atoms with Gasteiger partial charge in [-0.25, -0.2) is 13.4 Å². The van der Waals surface area contributed by atoms with Crippen LogP contribution < -0.4 is 0 Å². The van der Waals surface area contributed by atoms with Crippen molar-refractivity contribution >= 4 is 10.0 Å². The summed E-state index contributed by atoms with van der Waals surface area (Å²) in [5.41, 5.74) is 0. The van der Waals surface area contributed by atoms with Crippen LogP contribution in [0.4, 0.5) is 0 Å². The molecule has 0 saturated carbocycles. The maximum atomic E-state index is 12.0. The molecule has 0 spiro atoms. The molecule has 0 amide bonds. The average Bonchev–Trinajstić information content (AvgIpc) is 2.74. The largest absolute Gasteiger partial charge is 0.336 e. The van der Waals surface area contributed by atoms with Crippen molar-refractivity contribution < 1.29 is 8.42 Å². The van der Waals surface area contributed by atoms with Crippen LogP contribution in [0.15, 0.2) is 17.6 Å². The molecule has 0 N–H and O–H groups in total. The minimum absolute atomic E-state index is 0.00792. The van der Waals surface area contributed by atoms with Gasteiger partial charge in [0.15, 0.2) is 5.03 Å². The summed E-state index contributed by atoms with van der Waals surface area (Å²) in [6.07, 6.45) is 2.93. The summed E-state index contributed by atoms with van der Waals surface area (Å²) in [6, 6.07) is 1.83. The SMILES string of the molecule is CCN(CC#N)S(=O)(=O)c1cn(CC)cn1. The van der Waals surface area contributed by atoms with Crippen molar-refractivity contribution in [3.05, 3.63) is 12.5 Å². The molecule has 0 aromatic carbocycles. The van der Waals surface area contributed by atoms with Crippen LogP contribution in [0.25, 0.3) is 0 Å². The molecule has 0 bridgehead atoms. The highest BCUT2D eigenvalue weighted by atomic mass is 32.2. The van der Waals surface area contributed by atoms with Gasteiger partial charge in [-0.05, 0) is 6.92 Å². The zero-order valence-electron chi connectivity index (χ0n) is 9.29. The summed E-state index contributed by atoms with van der Waals surface area (Å²) in [5, 5.41) is 8.54. The second-order valence-electron chi connectivity index (χ2n) is 3.13. The number of rotatable bonds is 5. The van der Waals surface area contributed by atoms with Crippen molar-refractivity contribution in [2.45, 2.75) is 25.4 Å². The summed E-state index contributed by atoms with van der Waals surface area (Å²) in [6.45, 7) is 4.34. The predicted octanol–water partition coefficient (Wildman–Crippen LogP) is 0.437. The van der Waals surface area contributed by atoms with E-state index in [1.807, 2.05) is 13.0 Å². The molecule has 0 radical (unpaired) electrons. The lowest BCUT2D eigenvalue weighted by atomic mass is 10.6. The number of hydrogen-bond donors (Lipinski definition) is 0. The molecule has 0 aliphatic heterocycles. The molecule has 88 valence electrons. The first-order valence-corrected chi connectivity index (χ1v) is 6.39. The standard InChI is InChI=1S/C9H14N4O2S/c1-3-12-7-9(11-8-12)16(14,15)13(4-2)6-5-10/h7-8H,3-4,6H2,1-2H3. The van der Waals surface area contributed by atoms with Gasteiger partial charge in [0.2, 0.25) is 0 Å². The quantitative estimate of drug-likeness (QED) is 0.702. The molecule has 0 fully saturated rings. The van der Waals surface area contributed by atoms with E-state index in [-0.39, 0.29) is 18.1 Å². The molecule has 0 aliphatic rings. The first-order chi connectivity index (χ1) is 7.56. The van der Waals surface area contributed by atoms with E-state index < -0.39 is 10.0 Å². The molecule has 0 saturated heterocycles. The summed E-state index contributed by atoms with van der Waals surface area (Å²) in [4.78, 5) is 3.83. The van der Waals surface area contributed by atoms with Crippen LogP contribution >= 0.6 is 0 Å². The van der Waals surface area contributed by atoms with Crippen LogP contribution in [-0.4, -0.2) is 35.4 Å². The van der Waals surface area contributed by atoms with Gasteiger partial charge in [0.05, 0.1) is 12.4 Å². The van der Waals surface area contributed by atoms with Crippen molar-refractivity contribution in [2.24, 2.45) is 0 Å². The Kier molecular flexibility index (Phi) is 4.04. The Morgan fingerprint density at radius 1 is 1.56 bits per heavy atom. The Morgan fingerprint density at radius 3 is 2.69 bits per heavy atom. The van der Waals surface area contributed by atoms with Crippen LogP contribution in [0.3, 0.4) is 0 Å². The molecule has 1 aromatic heterocycles. The third kappa shape index (κ3) is 2.40. The van der Waals surface area contributed by atoms with Crippen molar-refractivity contribution in [1.29, 1.82) is 5.26 Å². The molecule has 0 aliphatic carbocycles.